The second-order valence-corrected chi connectivity index (χ2v) is 3.73. The van der Waals surface area contributed by atoms with E-state index in [1.165, 1.54) is 6.21 Å². The van der Waals surface area contributed by atoms with Gasteiger partial charge in [-0.05, 0) is 34.2 Å². The zero-order valence-electron chi connectivity index (χ0n) is 7.68. The van der Waals surface area contributed by atoms with Crippen LogP contribution >= 0.6 is 22.6 Å². The second-order valence-electron chi connectivity index (χ2n) is 2.63. The molecule has 0 amide bonds. The summed E-state index contributed by atoms with van der Waals surface area (Å²) in [5.74, 6) is 0. The van der Waals surface area contributed by atoms with Crippen molar-refractivity contribution in [1.82, 2.24) is 4.98 Å². The van der Waals surface area contributed by atoms with Crippen LogP contribution in [-0.4, -0.2) is 29.2 Å². The van der Waals surface area contributed by atoms with Gasteiger partial charge < -0.3 is 5.21 Å². The van der Waals surface area contributed by atoms with Gasteiger partial charge in [-0.1, -0.05) is 11.2 Å². The molecule has 1 aromatic rings. The van der Waals surface area contributed by atoms with Crippen LogP contribution in [0.2, 0.25) is 0 Å². The molecule has 0 saturated heterocycles. The lowest BCUT2D eigenvalue weighted by molar-refractivity contribution is 0.322. The third kappa shape index (κ3) is 3.41. The van der Waals surface area contributed by atoms with Crippen molar-refractivity contribution in [3.05, 3.63) is 27.6 Å². The zero-order chi connectivity index (χ0) is 10.4. The Morgan fingerprint density at radius 2 is 2.43 bits per heavy atom. The summed E-state index contributed by atoms with van der Waals surface area (Å²) in [6.45, 7) is 0. The first kappa shape index (κ1) is 11.1. The SMILES string of the molecule is CN=C(C=NO)Cc1ccc(I)nc1. The highest BCUT2D eigenvalue weighted by Gasteiger charge is 1.98. The van der Waals surface area contributed by atoms with Gasteiger partial charge in [-0.3, -0.25) is 9.98 Å². The molecule has 1 aromatic heterocycles. The molecule has 0 spiro atoms. The van der Waals surface area contributed by atoms with Gasteiger partial charge in [0.05, 0.1) is 11.9 Å². The predicted molar refractivity (Wildman–Crippen MR) is 64.3 cm³/mol. The van der Waals surface area contributed by atoms with E-state index in [0.29, 0.717) is 6.42 Å². The molecule has 0 saturated carbocycles. The summed E-state index contributed by atoms with van der Waals surface area (Å²) in [6, 6.07) is 3.91. The van der Waals surface area contributed by atoms with Crippen LogP contribution in [0.25, 0.3) is 0 Å². The van der Waals surface area contributed by atoms with Crippen molar-refractivity contribution in [2.24, 2.45) is 10.1 Å². The van der Waals surface area contributed by atoms with Crippen molar-refractivity contribution >= 4 is 34.5 Å². The average molecular weight is 303 g/mol. The number of nitrogens with zero attached hydrogens (tertiary/aromatic N) is 3. The fourth-order valence-electron chi connectivity index (χ4n) is 0.969. The van der Waals surface area contributed by atoms with Gasteiger partial charge in [0.15, 0.2) is 0 Å². The second kappa shape index (κ2) is 5.69. The molecule has 0 aliphatic rings. The molecule has 0 fully saturated rings. The van der Waals surface area contributed by atoms with E-state index in [-0.39, 0.29) is 0 Å². The smallest absolute Gasteiger partial charge is 0.101 e. The van der Waals surface area contributed by atoms with Crippen molar-refractivity contribution in [1.29, 1.82) is 0 Å². The molecule has 1 heterocycles. The predicted octanol–water partition coefficient (Wildman–Crippen LogP) is 1.76. The maximum absolute atomic E-state index is 8.36. The number of hydrogen-bond donors (Lipinski definition) is 1. The normalized spacial score (nSPS) is 12.3. The summed E-state index contributed by atoms with van der Waals surface area (Å²) in [6.07, 6.45) is 3.75. The summed E-state index contributed by atoms with van der Waals surface area (Å²) in [5.41, 5.74) is 1.77. The topological polar surface area (TPSA) is 57.8 Å². The highest BCUT2D eigenvalue weighted by Crippen LogP contribution is 2.03. The molecular weight excluding hydrogens is 293 g/mol. The molecule has 1 rings (SSSR count). The number of hydrogen-bond acceptors (Lipinski definition) is 4. The molecular formula is C9H10IN3O. The molecule has 0 bridgehead atoms. The van der Waals surface area contributed by atoms with Crippen LogP contribution in [0, 0.1) is 3.70 Å². The number of halogens is 1. The largest absolute Gasteiger partial charge is 0.411 e. The third-order valence-electron chi connectivity index (χ3n) is 1.67. The van der Waals surface area contributed by atoms with Crippen molar-refractivity contribution in [2.75, 3.05) is 7.05 Å². The van der Waals surface area contributed by atoms with E-state index in [1.807, 2.05) is 12.1 Å². The van der Waals surface area contributed by atoms with Crippen molar-refractivity contribution in [3.8, 4) is 0 Å². The van der Waals surface area contributed by atoms with Gasteiger partial charge in [0.25, 0.3) is 0 Å². The number of aliphatic imine (C=N–C) groups is 1. The first-order chi connectivity index (χ1) is 6.76. The maximum Gasteiger partial charge on any atom is 0.101 e. The Bertz CT molecular complexity index is 346. The standard InChI is InChI=1S/C9H10IN3O/c1-11-8(6-13-14)4-7-2-3-9(10)12-5-7/h2-3,5-6,14H,4H2,1H3. The van der Waals surface area contributed by atoms with E-state index in [2.05, 4.69) is 37.7 Å². The number of rotatable bonds is 3. The van der Waals surface area contributed by atoms with E-state index in [9.17, 15) is 0 Å². The van der Waals surface area contributed by atoms with Gasteiger partial charge in [0.2, 0.25) is 0 Å². The summed E-state index contributed by atoms with van der Waals surface area (Å²) in [5, 5.41) is 11.3. The lowest BCUT2D eigenvalue weighted by Crippen LogP contribution is -2.05. The molecule has 0 aliphatic carbocycles. The lowest BCUT2D eigenvalue weighted by atomic mass is 10.1. The highest BCUT2D eigenvalue weighted by molar-refractivity contribution is 14.1. The Balaban J connectivity index is 2.73. The highest BCUT2D eigenvalue weighted by atomic mass is 127. The first-order valence-corrected chi connectivity index (χ1v) is 5.07. The minimum absolute atomic E-state index is 0.629. The van der Waals surface area contributed by atoms with Crippen LogP contribution in [0.3, 0.4) is 0 Å². The molecule has 74 valence electrons. The van der Waals surface area contributed by atoms with Gasteiger partial charge in [0, 0.05) is 19.7 Å². The molecule has 0 atom stereocenters. The summed E-state index contributed by atoms with van der Waals surface area (Å²) in [4.78, 5) is 8.12. The summed E-state index contributed by atoms with van der Waals surface area (Å²) < 4.78 is 0.956. The molecule has 0 aliphatic heterocycles. The van der Waals surface area contributed by atoms with Gasteiger partial charge in [-0.15, -0.1) is 0 Å². The summed E-state index contributed by atoms with van der Waals surface area (Å²) in [7, 11) is 1.66. The quantitative estimate of drug-likeness (QED) is 0.304. The van der Waals surface area contributed by atoms with E-state index >= 15 is 0 Å². The van der Waals surface area contributed by atoms with Gasteiger partial charge in [0.1, 0.15) is 3.70 Å². The number of oxime groups is 1. The van der Waals surface area contributed by atoms with Gasteiger partial charge >= 0.3 is 0 Å². The van der Waals surface area contributed by atoms with Crippen molar-refractivity contribution in [3.63, 3.8) is 0 Å². The van der Waals surface area contributed by atoms with Crippen molar-refractivity contribution in [2.45, 2.75) is 6.42 Å². The van der Waals surface area contributed by atoms with E-state index < -0.39 is 0 Å². The summed E-state index contributed by atoms with van der Waals surface area (Å²) >= 11 is 2.15. The molecule has 0 radical (unpaired) electrons. The van der Waals surface area contributed by atoms with Crippen LogP contribution in [0.1, 0.15) is 5.56 Å². The molecule has 5 heteroatoms. The zero-order valence-corrected chi connectivity index (χ0v) is 9.84. The van der Waals surface area contributed by atoms with Crippen LogP contribution < -0.4 is 0 Å². The third-order valence-corrected chi connectivity index (χ3v) is 2.31. The van der Waals surface area contributed by atoms with E-state index in [1.54, 1.807) is 13.2 Å². The first-order valence-electron chi connectivity index (χ1n) is 3.99. The Hall–Kier alpha value is -0.980. The Morgan fingerprint density at radius 1 is 1.64 bits per heavy atom. The van der Waals surface area contributed by atoms with Crippen LogP contribution in [-0.2, 0) is 6.42 Å². The Labute approximate surface area is 95.9 Å². The van der Waals surface area contributed by atoms with E-state index in [4.69, 9.17) is 5.21 Å². The molecule has 14 heavy (non-hydrogen) atoms. The molecule has 1 N–H and O–H groups in total. The maximum atomic E-state index is 8.36. The van der Waals surface area contributed by atoms with E-state index in [0.717, 1.165) is 15.0 Å². The molecule has 0 aromatic carbocycles. The van der Waals surface area contributed by atoms with Gasteiger partial charge in [-0.2, -0.15) is 0 Å². The van der Waals surface area contributed by atoms with Gasteiger partial charge in [-0.25, -0.2) is 0 Å². The lowest BCUT2D eigenvalue weighted by Gasteiger charge is -1.99. The number of aromatic nitrogens is 1. The minimum Gasteiger partial charge on any atom is -0.411 e. The Morgan fingerprint density at radius 3 is 2.93 bits per heavy atom. The molecule has 4 nitrogen and oxygen atoms in total. The monoisotopic (exact) mass is 303 g/mol. The van der Waals surface area contributed by atoms with Crippen molar-refractivity contribution < 1.29 is 5.21 Å². The Kier molecular flexibility index (Phi) is 4.51. The van der Waals surface area contributed by atoms with Crippen LogP contribution in [0.4, 0.5) is 0 Å². The van der Waals surface area contributed by atoms with Crippen LogP contribution in [0.5, 0.6) is 0 Å². The minimum atomic E-state index is 0.629. The fraction of sp³-hybridized carbons (Fsp3) is 0.222. The molecule has 0 unspecified atom stereocenters. The fourth-order valence-corrected chi connectivity index (χ4v) is 1.29. The average Bonchev–Trinajstić information content (AvgIpc) is 2.20. The van der Waals surface area contributed by atoms with Crippen LogP contribution in [0.15, 0.2) is 28.5 Å². The number of pyridine rings is 1.